The van der Waals surface area contributed by atoms with Crippen LogP contribution in [-0.2, 0) is 6.42 Å². The third-order valence-electron chi connectivity index (χ3n) is 4.58. The first-order chi connectivity index (χ1) is 13.5. The van der Waals surface area contributed by atoms with Gasteiger partial charge in [0, 0.05) is 17.4 Å². The predicted molar refractivity (Wildman–Crippen MR) is 115 cm³/mol. The Morgan fingerprint density at radius 3 is 2.29 bits per heavy atom. The lowest BCUT2D eigenvalue weighted by Gasteiger charge is -2.18. The molecule has 3 aromatic carbocycles. The van der Waals surface area contributed by atoms with Crippen LogP contribution in [0.5, 0.6) is 11.5 Å². The summed E-state index contributed by atoms with van der Waals surface area (Å²) in [5.74, 6) is 1.60. The van der Waals surface area contributed by atoms with Gasteiger partial charge in [-0.05, 0) is 59.5 Å². The van der Waals surface area contributed by atoms with Crippen LogP contribution in [-0.4, -0.2) is 0 Å². The Balaban J connectivity index is 1.74. The van der Waals surface area contributed by atoms with E-state index in [2.05, 4.69) is 13.8 Å². The monoisotopic (exact) mass is 394 g/mol. The molecule has 0 amide bonds. The molecule has 1 atom stereocenters. The zero-order valence-corrected chi connectivity index (χ0v) is 16.9. The lowest BCUT2D eigenvalue weighted by molar-refractivity contribution is 0.481. The van der Waals surface area contributed by atoms with Gasteiger partial charge in [0.1, 0.15) is 17.3 Å². The molecule has 0 fully saturated rings. The normalized spacial score (nSPS) is 12.8. The molecule has 1 nitrogen and oxygen atoms in total. The molecule has 0 aliphatic carbocycles. The first-order valence-corrected chi connectivity index (χ1v) is 9.82. The minimum absolute atomic E-state index is 0.000943. The maximum Gasteiger partial charge on any atom is 0.127 e. The van der Waals surface area contributed by atoms with Crippen LogP contribution in [0.2, 0.25) is 5.02 Å². The van der Waals surface area contributed by atoms with Gasteiger partial charge < -0.3 is 4.74 Å². The van der Waals surface area contributed by atoms with Gasteiger partial charge in [-0.25, -0.2) is 4.39 Å². The first-order valence-electron chi connectivity index (χ1n) is 9.45. The molecule has 0 radical (unpaired) electrons. The quantitative estimate of drug-likeness (QED) is 0.394. The zero-order valence-electron chi connectivity index (χ0n) is 16.1. The van der Waals surface area contributed by atoms with Crippen molar-refractivity contribution < 1.29 is 9.13 Å². The Kier molecular flexibility index (Phi) is 6.89. The lowest BCUT2D eigenvalue weighted by atomic mass is 9.87. The number of benzene rings is 3. The third-order valence-corrected chi connectivity index (χ3v) is 4.84. The van der Waals surface area contributed by atoms with Gasteiger partial charge in [-0.3, -0.25) is 0 Å². The summed E-state index contributed by atoms with van der Waals surface area (Å²) in [6.45, 7) is 4.19. The van der Waals surface area contributed by atoms with E-state index in [9.17, 15) is 4.39 Å². The van der Waals surface area contributed by atoms with Gasteiger partial charge in [-0.1, -0.05) is 67.9 Å². The van der Waals surface area contributed by atoms with Crippen LogP contribution < -0.4 is 4.74 Å². The highest BCUT2D eigenvalue weighted by Crippen LogP contribution is 2.30. The summed E-state index contributed by atoms with van der Waals surface area (Å²) >= 11 is 5.98. The van der Waals surface area contributed by atoms with Crippen molar-refractivity contribution in [2.24, 2.45) is 5.92 Å². The number of allylic oxidation sites excluding steroid dienone is 2. The smallest absolute Gasteiger partial charge is 0.127 e. The molecule has 0 spiro atoms. The fraction of sp³-hybridized carbons (Fsp3) is 0.200. The number of hydrogen-bond acceptors (Lipinski definition) is 1. The summed E-state index contributed by atoms with van der Waals surface area (Å²) in [7, 11) is 0. The molecule has 0 aliphatic heterocycles. The standard InChI is InChI=1S/C25H24ClFO/c1-18(2)25(20-11-13-21(26)14-12-20)17-22(27)15-19-7-6-10-24(16-19)28-23-8-4-3-5-9-23/h3-14,16-18,25H,15H2,1-2H3/b22-17-. The summed E-state index contributed by atoms with van der Waals surface area (Å²) in [6.07, 6.45) is 1.96. The van der Waals surface area contributed by atoms with E-state index in [1.54, 1.807) is 6.08 Å². The van der Waals surface area contributed by atoms with Crippen molar-refractivity contribution in [1.82, 2.24) is 0 Å². The number of hydrogen-bond donors (Lipinski definition) is 0. The molecular formula is C25H24ClFO. The molecule has 0 aromatic heterocycles. The summed E-state index contributed by atoms with van der Waals surface area (Å²) < 4.78 is 20.7. The second-order valence-corrected chi connectivity index (χ2v) is 7.61. The second kappa shape index (κ2) is 9.57. The molecule has 0 aliphatic rings. The molecule has 3 heteroatoms. The first kappa shape index (κ1) is 20.2. The van der Waals surface area contributed by atoms with Gasteiger partial charge >= 0.3 is 0 Å². The molecule has 28 heavy (non-hydrogen) atoms. The van der Waals surface area contributed by atoms with Gasteiger partial charge in [-0.2, -0.15) is 0 Å². The Hall–Kier alpha value is -2.58. The average Bonchev–Trinajstić information content (AvgIpc) is 2.68. The van der Waals surface area contributed by atoms with Gasteiger partial charge in [0.05, 0.1) is 0 Å². The highest BCUT2D eigenvalue weighted by atomic mass is 35.5. The van der Waals surface area contributed by atoms with Gasteiger partial charge in [0.15, 0.2) is 0 Å². The Morgan fingerprint density at radius 2 is 1.61 bits per heavy atom. The lowest BCUT2D eigenvalue weighted by Crippen LogP contribution is -2.05. The largest absolute Gasteiger partial charge is 0.457 e. The van der Waals surface area contributed by atoms with E-state index in [0.29, 0.717) is 10.8 Å². The second-order valence-electron chi connectivity index (χ2n) is 7.17. The van der Waals surface area contributed by atoms with Crippen LogP contribution in [0, 0.1) is 5.92 Å². The van der Waals surface area contributed by atoms with Gasteiger partial charge in [0.25, 0.3) is 0 Å². The summed E-state index contributed by atoms with van der Waals surface area (Å²) in [5, 5.41) is 0.686. The van der Waals surface area contributed by atoms with Gasteiger partial charge in [-0.15, -0.1) is 0 Å². The molecule has 144 valence electrons. The maximum atomic E-state index is 14.8. The molecule has 0 saturated carbocycles. The summed E-state index contributed by atoms with van der Waals surface area (Å²) in [6, 6.07) is 24.8. The van der Waals surface area contributed by atoms with Crippen molar-refractivity contribution >= 4 is 11.6 Å². The van der Waals surface area contributed by atoms with E-state index >= 15 is 0 Å². The van der Waals surface area contributed by atoms with Gasteiger partial charge in [0.2, 0.25) is 0 Å². The van der Waals surface area contributed by atoms with E-state index in [4.69, 9.17) is 16.3 Å². The van der Waals surface area contributed by atoms with Crippen molar-refractivity contribution in [2.45, 2.75) is 26.2 Å². The number of halogens is 2. The molecule has 3 rings (SSSR count). The SMILES string of the molecule is CC(C)C(/C=C(\F)Cc1cccc(Oc2ccccc2)c1)c1ccc(Cl)cc1. The Labute approximate surface area is 171 Å². The van der Waals surface area contributed by atoms with Crippen LogP contribution in [0.15, 0.2) is 90.8 Å². The highest BCUT2D eigenvalue weighted by Gasteiger charge is 2.15. The molecule has 0 heterocycles. The van der Waals surface area contributed by atoms with E-state index in [-0.39, 0.29) is 24.1 Å². The average molecular weight is 395 g/mol. The van der Waals surface area contributed by atoms with Crippen LogP contribution in [0.25, 0.3) is 0 Å². The molecule has 0 saturated heterocycles. The van der Waals surface area contributed by atoms with Crippen molar-refractivity contribution in [3.63, 3.8) is 0 Å². The molecule has 0 N–H and O–H groups in total. The van der Waals surface area contributed by atoms with E-state index in [1.807, 2.05) is 78.9 Å². The van der Waals surface area contributed by atoms with Crippen molar-refractivity contribution in [3.8, 4) is 11.5 Å². The van der Waals surface area contributed by atoms with Crippen molar-refractivity contribution in [3.05, 3.63) is 107 Å². The van der Waals surface area contributed by atoms with E-state index < -0.39 is 0 Å². The third kappa shape index (κ3) is 5.71. The molecule has 3 aromatic rings. The highest BCUT2D eigenvalue weighted by molar-refractivity contribution is 6.30. The summed E-state index contributed by atoms with van der Waals surface area (Å²) in [4.78, 5) is 0. The van der Waals surface area contributed by atoms with Crippen LogP contribution in [0.1, 0.15) is 30.9 Å². The van der Waals surface area contributed by atoms with E-state index in [1.165, 1.54) is 0 Å². The fourth-order valence-electron chi connectivity index (χ4n) is 3.15. The summed E-state index contributed by atoms with van der Waals surface area (Å²) in [5.41, 5.74) is 1.94. The Bertz CT molecular complexity index is 917. The number of ether oxygens (including phenoxy) is 1. The number of para-hydroxylation sites is 1. The van der Waals surface area contributed by atoms with E-state index in [0.717, 1.165) is 16.9 Å². The van der Waals surface area contributed by atoms with Crippen LogP contribution in [0.4, 0.5) is 4.39 Å². The topological polar surface area (TPSA) is 9.23 Å². The predicted octanol–water partition coefficient (Wildman–Crippen LogP) is 7.97. The minimum atomic E-state index is -0.148. The zero-order chi connectivity index (χ0) is 19.9. The van der Waals surface area contributed by atoms with Crippen LogP contribution in [0.3, 0.4) is 0 Å². The van der Waals surface area contributed by atoms with Crippen molar-refractivity contribution in [2.75, 3.05) is 0 Å². The van der Waals surface area contributed by atoms with Crippen LogP contribution >= 0.6 is 11.6 Å². The molecular weight excluding hydrogens is 371 g/mol. The molecule has 1 unspecified atom stereocenters. The Morgan fingerprint density at radius 1 is 0.929 bits per heavy atom. The van der Waals surface area contributed by atoms with Crippen molar-refractivity contribution in [1.29, 1.82) is 0 Å². The molecule has 0 bridgehead atoms. The fourth-order valence-corrected chi connectivity index (χ4v) is 3.28. The minimum Gasteiger partial charge on any atom is -0.457 e. The number of rotatable bonds is 7. The maximum absolute atomic E-state index is 14.8.